The van der Waals surface area contributed by atoms with Crippen LogP contribution < -0.4 is 5.32 Å². The van der Waals surface area contributed by atoms with Crippen LogP contribution in [0.3, 0.4) is 0 Å². The van der Waals surface area contributed by atoms with Gasteiger partial charge in [-0.1, -0.05) is 27.3 Å². The van der Waals surface area contributed by atoms with E-state index < -0.39 is 11.4 Å². The highest BCUT2D eigenvalue weighted by Crippen LogP contribution is 2.27. The van der Waals surface area contributed by atoms with Crippen LogP contribution in [0.15, 0.2) is 28.7 Å². The fourth-order valence-corrected chi connectivity index (χ4v) is 3.57. The van der Waals surface area contributed by atoms with E-state index in [-0.39, 0.29) is 22.9 Å². The van der Waals surface area contributed by atoms with Crippen molar-refractivity contribution in [2.24, 2.45) is 5.92 Å². The molecule has 1 aromatic carbocycles. The van der Waals surface area contributed by atoms with Crippen LogP contribution >= 0.6 is 27.3 Å². The molecule has 0 atom stereocenters. The number of piperidine rings is 1. The zero-order valence-corrected chi connectivity index (χ0v) is 15.9. The standard InChI is InChI=1S/C16H15BrF2N4O2S/c17-11-3-1-10(2-4-11)15(25)23-7-5-9(6-8-23)13(24)20-16-22-21-14(26-16)12(18)19/h1-4,9,12H,5-8H2,(H,20,22,24). The monoisotopic (exact) mass is 444 g/mol. The van der Waals surface area contributed by atoms with Crippen LogP contribution in [0.4, 0.5) is 13.9 Å². The third-order valence-corrected chi connectivity index (χ3v) is 5.48. The Morgan fingerprint density at radius 3 is 2.42 bits per heavy atom. The van der Waals surface area contributed by atoms with Crippen LogP contribution in [0.5, 0.6) is 0 Å². The number of halogens is 3. The van der Waals surface area contributed by atoms with Gasteiger partial charge in [-0.3, -0.25) is 9.59 Å². The number of carbonyl (C=O) groups excluding carboxylic acids is 2. The first kappa shape index (κ1) is 18.8. The number of alkyl halides is 2. The molecule has 1 N–H and O–H groups in total. The number of hydrogen-bond donors (Lipinski definition) is 1. The number of carbonyl (C=O) groups is 2. The first-order valence-corrected chi connectivity index (χ1v) is 9.52. The van der Waals surface area contributed by atoms with Gasteiger partial charge in [0.25, 0.3) is 12.3 Å². The first-order valence-electron chi connectivity index (χ1n) is 7.91. The molecule has 138 valence electrons. The molecule has 0 spiro atoms. The quantitative estimate of drug-likeness (QED) is 0.779. The summed E-state index contributed by atoms with van der Waals surface area (Å²) in [5, 5.41) is 9.07. The number of anilines is 1. The zero-order valence-electron chi connectivity index (χ0n) is 13.5. The van der Waals surface area contributed by atoms with Crippen molar-refractivity contribution >= 4 is 44.2 Å². The first-order chi connectivity index (χ1) is 12.4. The molecule has 6 nitrogen and oxygen atoms in total. The van der Waals surface area contributed by atoms with E-state index in [2.05, 4.69) is 31.4 Å². The molecular weight excluding hydrogens is 430 g/mol. The smallest absolute Gasteiger partial charge is 0.291 e. The fourth-order valence-electron chi connectivity index (χ4n) is 2.70. The Kier molecular flexibility index (Phi) is 5.92. The molecule has 0 bridgehead atoms. The lowest BCUT2D eigenvalue weighted by Gasteiger charge is -2.31. The molecule has 1 aromatic heterocycles. The van der Waals surface area contributed by atoms with Gasteiger partial charge in [0.2, 0.25) is 11.0 Å². The maximum absolute atomic E-state index is 12.5. The Bertz CT molecular complexity index is 792. The molecule has 3 rings (SSSR count). The van der Waals surface area contributed by atoms with Crippen LogP contribution in [0.1, 0.15) is 34.6 Å². The summed E-state index contributed by atoms with van der Waals surface area (Å²) in [4.78, 5) is 26.4. The van der Waals surface area contributed by atoms with Crippen LogP contribution in [-0.4, -0.2) is 40.0 Å². The van der Waals surface area contributed by atoms with Crippen LogP contribution in [0.25, 0.3) is 0 Å². The molecule has 2 aromatic rings. The van der Waals surface area contributed by atoms with E-state index in [4.69, 9.17) is 0 Å². The number of likely N-dealkylation sites (tertiary alicyclic amines) is 1. The second-order valence-corrected chi connectivity index (χ2v) is 7.73. The Labute approximate surface area is 160 Å². The summed E-state index contributed by atoms with van der Waals surface area (Å²) in [5.74, 6) is -0.636. The number of nitrogens with zero attached hydrogens (tertiary/aromatic N) is 3. The third kappa shape index (κ3) is 4.42. The third-order valence-electron chi connectivity index (χ3n) is 4.10. The predicted molar refractivity (Wildman–Crippen MR) is 96.3 cm³/mol. The van der Waals surface area contributed by atoms with Crippen molar-refractivity contribution in [3.63, 3.8) is 0 Å². The van der Waals surface area contributed by atoms with Gasteiger partial charge in [-0.2, -0.15) is 0 Å². The maximum atomic E-state index is 12.5. The largest absolute Gasteiger partial charge is 0.339 e. The molecule has 1 fully saturated rings. The lowest BCUT2D eigenvalue weighted by Crippen LogP contribution is -2.41. The molecule has 1 aliphatic rings. The summed E-state index contributed by atoms with van der Waals surface area (Å²) < 4.78 is 25.9. The average Bonchev–Trinajstić information content (AvgIpc) is 3.11. The molecular formula is C16H15BrF2N4O2S. The number of aromatic nitrogens is 2. The SMILES string of the molecule is O=C(Nc1nnc(C(F)F)s1)C1CCN(C(=O)c2ccc(Br)cc2)CC1. The van der Waals surface area contributed by atoms with Gasteiger partial charge in [-0.15, -0.1) is 10.2 Å². The van der Waals surface area contributed by atoms with E-state index in [9.17, 15) is 18.4 Å². The molecule has 26 heavy (non-hydrogen) atoms. The molecule has 1 aliphatic heterocycles. The summed E-state index contributed by atoms with van der Waals surface area (Å²) in [6, 6.07) is 7.12. The number of benzene rings is 1. The van der Waals surface area contributed by atoms with Crippen molar-refractivity contribution in [1.82, 2.24) is 15.1 Å². The summed E-state index contributed by atoms with van der Waals surface area (Å²) in [6.07, 6.45) is -1.69. The van der Waals surface area contributed by atoms with Gasteiger partial charge < -0.3 is 10.2 Å². The molecule has 0 unspecified atom stereocenters. The van der Waals surface area contributed by atoms with E-state index >= 15 is 0 Å². The topological polar surface area (TPSA) is 75.2 Å². The van der Waals surface area contributed by atoms with Gasteiger partial charge in [0.05, 0.1) is 0 Å². The van der Waals surface area contributed by atoms with Crippen molar-refractivity contribution in [2.75, 3.05) is 18.4 Å². The molecule has 0 radical (unpaired) electrons. The molecule has 1 saturated heterocycles. The lowest BCUT2D eigenvalue weighted by atomic mass is 9.95. The number of amides is 2. The zero-order chi connectivity index (χ0) is 18.7. The summed E-state index contributed by atoms with van der Waals surface area (Å²) in [5.41, 5.74) is 0.601. The minimum atomic E-state index is -2.70. The maximum Gasteiger partial charge on any atom is 0.291 e. The van der Waals surface area contributed by atoms with Crippen LogP contribution in [0, 0.1) is 5.92 Å². The van der Waals surface area contributed by atoms with Gasteiger partial charge >= 0.3 is 0 Å². The van der Waals surface area contributed by atoms with Crippen molar-refractivity contribution in [3.05, 3.63) is 39.3 Å². The molecule has 0 aliphatic carbocycles. The van der Waals surface area contributed by atoms with Gasteiger partial charge in [0.15, 0.2) is 5.01 Å². The van der Waals surface area contributed by atoms with Crippen molar-refractivity contribution in [3.8, 4) is 0 Å². The van der Waals surface area contributed by atoms with Gasteiger partial charge in [0.1, 0.15) is 0 Å². The van der Waals surface area contributed by atoms with E-state index in [0.29, 0.717) is 42.8 Å². The van der Waals surface area contributed by atoms with E-state index in [0.717, 1.165) is 4.47 Å². The van der Waals surface area contributed by atoms with Crippen molar-refractivity contribution in [1.29, 1.82) is 0 Å². The van der Waals surface area contributed by atoms with Crippen molar-refractivity contribution in [2.45, 2.75) is 19.3 Å². The van der Waals surface area contributed by atoms with E-state index in [1.54, 1.807) is 17.0 Å². The fraction of sp³-hybridized carbons (Fsp3) is 0.375. The minimum Gasteiger partial charge on any atom is -0.339 e. The molecule has 0 saturated carbocycles. The van der Waals surface area contributed by atoms with E-state index in [1.807, 2.05) is 12.1 Å². The van der Waals surface area contributed by atoms with Gasteiger partial charge in [-0.25, -0.2) is 8.78 Å². The molecule has 2 amide bonds. The Morgan fingerprint density at radius 2 is 1.85 bits per heavy atom. The lowest BCUT2D eigenvalue weighted by molar-refractivity contribution is -0.121. The van der Waals surface area contributed by atoms with E-state index in [1.165, 1.54) is 0 Å². The van der Waals surface area contributed by atoms with Gasteiger partial charge in [-0.05, 0) is 37.1 Å². The average molecular weight is 445 g/mol. The molecule has 10 heteroatoms. The highest BCUT2D eigenvalue weighted by molar-refractivity contribution is 9.10. The van der Waals surface area contributed by atoms with Crippen LogP contribution in [-0.2, 0) is 4.79 Å². The molecule has 2 heterocycles. The second-order valence-electron chi connectivity index (χ2n) is 5.81. The Hall–Kier alpha value is -1.94. The normalized spacial score (nSPS) is 15.3. The highest BCUT2D eigenvalue weighted by Gasteiger charge is 2.28. The Balaban J connectivity index is 1.53. The number of rotatable bonds is 4. The summed E-state index contributed by atoms with van der Waals surface area (Å²) in [6.45, 7) is 0.927. The Morgan fingerprint density at radius 1 is 1.19 bits per heavy atom. The van der Waals surface area contributed by atoms with Crippen molar-refractivity contribution < 1.29 is 18.4 Å². The summed E-state index contributed by atoms with van der Waals surface area (Å²) in [7, 11) is 0. The number of hydrogen-bond acceptors (Lipinski definition) is 5. The predicted octanol–water partition coefficient (Wildman–Crippen LogP) is 3.73. The number of nitrogens with one attached hydrogen (secondary N) is 1. The van der Waals surface area contributed by atoms with Gasteiger partial charge in [0, 0.05) is 29.0 Å². The minimum absolute atomic E-state index is 0.0675. The summed E-state index contributed by atoms with van der Waals surface area (Å²) >= 11 is 4.00. The van der Waals surface area contributed by atoms with Crippen LogP contribution in [0.2, 0.25) is 0 Å². The second kappa shape index (κ2) is 8.17. The highest BCUT2D eigenvalue weighted by atomic mass is 79.9.